The minimum Gasteiger partial charge on any atom is -0.480 e. The van der Waals surface area contributed by atoms with Crippen molar-refractivity contribution in [3.05, 3.63) is 18.1 Å². The molecular formula is C9H13ClN2O2. The second-order valence-corrected chi connectivity index (χ2v) is 3.43. The normalized spacial score (nSPS) is 12.5. The summed E-state index contributed by atoms with van der Waals surface area (Å²) in [5, 5.41) is -0.0820. The van der Waals surface area contributed by atoms with Gasteiger partial charge >= 0.3 is 0 Å². The molecule has 0 saturated heterocycles. The van der Waals surface area contributed by atoms with Crippen LogP contribution in [-0.2, 0) is 11.2 Å². The lowest BCUT2D eigenvalue weighted by Crippen LogP contribution is -2.12. The third kappa shape index (κ3) is 3.47. The van der Waals surface area contributed by atoms with Gasteiger partial charge in [-0.05, 0) is 0 Å². The van der Waals surface area contributed by atoms with Crippen LogP contribution < -0.4 is 4.74 Å². The van der Waals surface area contributed by atoms with Gasteiger partial charge in [0.2, 0.25) is 5.88 Å². The zero-order chi connectivity index (χ0) is 10.4. The first kappa shape index (κ1) is 11.2. The Hall–Kier alpha value is -0.870. The smallest absolute Gasteiger partial charge is 0.232 e. The highest BCUT2D eigenvalue weighted by molar-refractivity contribution is 6.20. The molecule has 4 nitrogen and oxygen atoms in total. The maximum absolute atomic E-state index is 5.98. The SMILES string of the molecule is COCC(Cl)Cc1cncc(OC)n1. The Morgan fingerprint density at radius 2 is 2.21 bits per heavy atom. The molecule has 0 N–H and O–H groups in total. The number of hydrogen-bond donors (Lipinski definition) is 0. The van der Waals surface area contributed by atoms with Gasteiger partial charge in [0, 0.05) is 19.7 Å². The number of hydrogen-bond acceptors (Lipinski definition) is 4. The molecule has 0 spiro atoms. The molecule has 78 valence electrons. The minimum absolute atomic E-state index is 0.0820. The van der Waals surface area contributed by atoms with Crippen LogP contribution in [0.2, 0.25) is 0 Å². The zero-order valence-electron chi connectivity index (χ0n) is 8.24. The first-order valence-electron chi connectivity index (χ1n) is 4.24. The number of ether oxygens (including phenoxy) is 2. The summed E-state index contributed by atoms with van der Waals surface area (Å²) in [4.78, 5) is 8.17. The number of halogens is 1. The zero-order valence-corrected chi connectivity index (χ0v) is 8.99. The lowest BCUT2D eigenvalue weighted by atomic mass is 10.2. The van der Waals surface area contributed by atoms with Crippen LogP contribution in [0, 0.1) is 0 Å². The molecule has 1 aromatic rings. The summed E-state index contributed by atoms with van der Waals surface area (Å²) in [5.41, 5.74) is 0.807. The fourth-order valence-electron chi connectivity index (χ4n) is 1.05. The third-order valence-corrected chi connectivity index (χ3v) is 1.93. The van der Waals surface area contributed by atoms with Crippen LogP contribution in [0.25, 0.3) is 0 Å². The minimum atomic E-state index is -0.0820. The van der Waals surface area contributed by atoms with Crippen LogP contribution in [0.3, 0.4) is 0 Å². The fourth-order valence-corrected chi connectivity index (χ4v) is 1.33. The summed E-state index contributed by atoms with van der Waals surface area (Å²) in [6, 6.07) is 0. The fraction of sp³-hybridized carbons (Fsp3) is 0.556. The second kappa shape index (κ2) is 5.78. The van der Waals surface area contributed by atoms with Gasteiger partial charge in [0.25, 0.3) is 0 Å². The molecule has 0 radical (unpaired) electrons. The highest BCUT2D eigenvalue weighted by atomic mass is 35.5. The van der Waals surface area contributed by atoms with Gasteiger partial charge in [-0.1, -0.05) is 0 Å². The number of rotatable bonds is 5. The van der Waals surface area contributed by atoms with E-state index in [0.29, 0.717) is 18.9 Å². The van der Waals surface area contributed by atoms with Crippen molar-refractivity contribution in [2.45, 2.75) is 11.8 Å². The van der Waals surface area contributed by atoms with E-state index in [4.69, 9.17) is 21.1 Å². The van der Waals surface area contributed by atoms with Gasteiger partial charge in [0.1, 0.15) is 0 Å². The van der Waals surface area contributed by atoms with E-state index in [2.05, 4.69) is 9.97 Å². The summed E-state index contributed by atoms with van der Waals surface area (Å²) in [6.45, 7) is 0.500. The number of methoxy groups -OCH3 is 2. The topological polar surface area (TPSA) is 44.2 Å². The van der Waals surface area contributed by atoms with Crippen molar-refractivity contribution >= 4 is 11.6 Å². The molecule has 0 aliphatic rings. The van der Waals surface area contributed by atoms with Gasteiger partial charge in [-0.15, -0.1) is 11.6 Å². The van der Waals surface area contributed by atoms with Crippen molar-refractivity contribution in [3.8, 4) is 5.88 Å². The van der Waals surface area contributed by atoms with E-state index >= 15 is 0 Å². The summed E-state index contributed by atoms with van der Waals surface area (Å²) >= 11 is 5.98. The standard InChI is InChI=1S/C9H13ClN2O2/c1-13-6-7(10)3-8-4-11-5-9(12-8)14-2/h4-5,7H,3,6H2,1-2H3. The first-order chi connectivity index (χ1) is 6.76. The largest absolute Gasteiger partial charge is 0.480 e. The Kier molecular flexibility index (Phi) is 4.62. The van der Waals surface area contributed by atoms with Crippen LogP contribution in [0.4, 0.5) is 0 Å². The highest BCUT2D eigenvalue weighted by Gasteiger charge is 2.07. The van der Waals surface area contributed by atoms with Gasteiger partial charge in [-0.25, -0.2) is 4.98 Å². The second-order valence-electron chi connectivity index (χ2n) is 2.81. The van der Waals surface area contributed by atoms with E-state index in [1.165, 1.54) is 0 Å². The average Bonchev–Trinajstić information content (AvgIpc) is 2.18. The average molecular weight is 217 g/mol. The lowest BCUT2D eigenvalue weighted by molar-refractivity contribution is 0.197. The van der Waals surface area contributed by atoms with Crippen LogP contribution in [0.15, 0.2) is 12.4 Å². The molecule has 0 bridgehead atoms. The Bertz CT molecular complexity index is 283. The Morgan fingerprint density at radius 1 is 1.43 bits per heavy atom. The van der Waals surface area contributed by atoms with Crippen molar-refractivity contribution in [2.24, 2.45) is 0 Å². The molecule has 0 aromatic carbocycles. The number of alkyl halides is 1. The maximum atomic E-state index is 5.98. The number of nitrogens with zero attached hydrogens (tertiary/aromatic N) is 2. The summed E-state index contributed by atoms with van der Waals surface area (Å²) < 4.78 is 9.87. The van der Waals surface area contributed by atoms with Crippen molar-refractivity contribution < 1.29 is 9.47 Å². The van der Waals surface area contributed by atoms with Crippen LogP contribution in [-0.4, -0.2) is 36.2 Å². The molecule has 1 heterocycles. The Balaban J connectivity index is 2.57. The maximum Gasteiger partial charge on any atom is 0.232 e. The molecular weight excluding hydrogens is 204 g/mol. The molecule has 0 amide bonds. The van der Waals surface area contributed by atoms with Crippen molar-refractivity contribution in [1.82, 2.24) is 9.97 Å². The van der Waals surface area contributed by atoms with Gasteiger partial charge < -0.3 is 9.47 Å². The van der Waals surface area contributed by atoms with E-state index in [1.807, 2.05) is 0 Å². The number of aromatic nitrogens is 2. The van der Waals surface area contributed by atoms with E-state index in [-0.39, 0.29) is 5.38 Å². The molecule has 0 aliphatic carbocycles. The van der Waals surface area contributed by atoms with Crippen LogP contribution >= 0.6 is 11.6 Å². The van der Waals surface area contributed by atoms with Crippen LogP contribution in [0.5, 0.6) is 5.88 Å². The van der Waals surface area contributed by atoms with E-state index in [9.17, 15) is 0 Å². The predicted octanol–water partition coefficient (Wildman–Crippen LogP) is 1.28. The first-order valence-corrected chi connectivity index (χ1v) is 4.67. The van der Waals surface area contributed by atoms with Gasteiger partial charge in [-0.3, -0.25) is 4.98 Å². The van der Waals surface area contributed by atoms with Gasteiger partial charge in [0.05, 0.1) is 31.0 Å². The molecule has 0 saturated carbocycles. The lowest BCUT2D eigenvalue weighted by Gasteiger charge is -2.07. The summed E-state index contributed by atoms with van der Waals surface area (Å²) in [7, 11) is 3.17. The van der Waals surface area contributed by atoms with Crippen LogP contribution in [0.1, 0.15) is 5.69 Å². The Labute approximate surface area is 88.2 Å². The molecule has 1 atom stereocenters. The quantitative estimate of drug-likeness (QED) is 0.696. The van der Waals surface area contributed by atoms with Gasteiger partial charge in [-0.2, -0.15) is 0 Å². The monoisotopic (exact) mass is 216 g/mol. The Morgan fingerprint density at radius 3 is 2.86 bits per heavy atom. The van der Waals surface area contributed by atoms with E-state index in [0.717, 1.165) is 5.69 Å². The summed E-state index contributed by atoms with van der Waals surface area (Å²) in [5.74, 6) is 0.504. The van der Waals surface area contributed by atoms with Crippen molar-refractivity contribution in [2.75, 3.05) is 20.8 Å². The molecule has 0 aliphatic heterocycles. The molecule has 1 rings (SSSR count). The van der Waals surface area contributed by atoms with E-state index in [1.54, 1.807) is 26.6 Å². The molecule has 14 heavy (non-hydrogen) atoms. The highest BCUT2D eigenvalue weighted by Crippen LogP contribution is 2.09. The summed E-state index contributed by atoms with van der Waals surface area (Å²) in [6.07, 6.45) is 3.86. The van der Waals surface area contributed by atoms with Gasteiger partial charge in [0.15, 0.2) is 0 Å². The molecule has 5 heteroatoms. The molecule has 1 aromatic heterocycles. The predicted molar refractivity (Wildman–Crippen MR) is 53.8 cm³/mol. The van der Waals surface area contributed by atoms with Crippen molar-refractivity contribution in [1.29, 1.82) is 0 Å². The molecule has 0 fully saturated rings. The third-order valence-electron chi connectivity index (χ3n) is 1.65. The molecule has 1 unspecified atom stereocenters. The van der Waals surface area contributed by atoms with E-state index < -0.39 is 0 Å². The van der Waals surface area contributed by atoms with Crippen molar-refractivity contribution in [3.63, 3.8) is 0 Å².